The number of aryl methyl sites for hydroxylation is 2. The fraction of sp³-hybridized carbons (Fsp3) is 0.556. The van der Waals surface area contributed by atoms with Crippen molar-refractivity contribution in [3.05, 3.63) is 41.1 Å². The van der Waals surface area contributed by atoms with Gasteiger partial charge in [-0.05, 0) is 42.0 Å². The molecule has 1 nitrogen and oxygen atoms in total. The average molecular weight is 259 g/mol. The molecule has 0 spiro atoms. The lowest BCUT2D eigenvalue weighted by atomic mass is 9.83. The summed E-state index contributed by atoms with van der Waals surface area (Å²) in [6, 6.07) is 4.54. The van der Waals surface area contributed by atoms with Crippen LogP contribution in [0.5, 0.6) is 0 Å². The van der Waals surface area contributed by atoms with Gasteiger partial charge in [0.05, 0.1) is 0 Å². The number of hydrogen-bond acceptors (Lipinski definition) is 1. The summed E-state index contributed by atoms with van der Waals surface area (Å²) in [5, 5.41) is 3.48. The van der Waals surface area contributed by atoms with Crippen molar-refractivity contribution >= 4 is 5.69 Å². The maximum absolute atomic E-state index is 4.15. The van der Waals surface area contributed by atoms with Crippen molar-refractivity contribution in [2.24, 2.45) is 5.41 Å². The third kappa shape index (κ3) is 3.86. The van der Waals surface area contributed by atoms with E-state index in [9.17, 15) is 0 Å². The monoisotopic (exact) mass is 259 g/mol. The number of rotatable bonds is 2. The molecule has 1 N–H and O–H groups in total. The van der Waals surface area contributed by atoms with Crippen molar-refractivity contribution in [2.45, 2.75) is 60.8 Å². The van der Waals surface area contributed by atoms with E-state index in [1.54, 1.807) is 0 Å². The largest absolute Gasteiger partial charge is 0.359 e. The van der Waals surface area contributed by atoms with Gasteiger partial charge in [0, 0.05) is 16.8 Å². The van der Waals surface area contributed by atoms with Gasteiger partial charge in [-0.2, -0.15) is 0 Å². The molecule has 0 fully saturated rings. The van der Waals surface area contributed by atoms with Crippen molar-refractivity contribution in [3.63, 3.8) is 0 Å². The zero-order valence-electron chi connectivity index (χ0n) is 13.9. The molecular formula is C18H29N. The quantitative estimate of drug-likeness (QED) is 0.732. The number of hydrogen-bond donors (Lipinski definition) is 1. The number of benzene rings is 1. The van der Waals surface area contributed by atoms with E-state index in [2.05, 4.69) is 79.4 Å². The molecular weight excluding hydrogens is 230 g/mol. The van der Waals surface area contributed by atoms with E-state index in [-0.39, 0.29) is 10.8 Å². The molecule has 19 heavy (non-hydrogen) atoms. The normalized spacial score (nSPS) is 12.4. The Labute approximate surface area is 119 Å². The van der Waals surface area contributed by atoms with Gasteiger partial charge in [0.2, 0.25) is 0 Å². The predicted molar refractivity (Wildman–Crippen MR) is 86.8 cm³/mol. The Bertz CT molecular complexity index is 482. The first kappa shape index (κ1) is 15.8. The van der Waals surface area contributed by atoms with Crippen LogP contribution in [0.2, 0.25) is 0 Å². The Morgan fingerprint density at radius 2 is 1.47 bits per heavy atom. The highest BCUT2D eigenvalue weighted by Gasteiger charge is 2.19. The Hall–Kier alpha value is -1.24. The molecule has 1 heteroatoms. The first-order chi connectivity index (χ1) is 8.43. The highest BCUT2D eigenvalue weighted by Crippen LogP contribution is 2.32. The molecule has 0 radical (unpaired) electrons. The molecule has 0 atom stereocenters. The van der Waals surface area contributed by atoms with E-state index in [1.165, 1.54) is 22.4 Å². The van der Waals surface area contributed by atoms with Crippen molar-refractivity contribution in [3.8, 4) is 0 Å². The van der Waals surface area contributed by atoms with Crippen LogP contribution in [0, 0.1) is 19.3 Å². The molecule has 1 rings (SSSR count). The highest BCUT2D eigenvalue weighted by atomic mass is 14.9. The fourth-order valence-electron chi connectivity index (χ4n) is 2.11. The van der Waals surface area contributed by atoms with Crippen LogP contribution in [0.4, 0.5) is 5.69 Å². The van der Waals surface area contributed by atoms with Crippen molar-refractivity contribution < 1.29 is 0 Å². The number of anilines is 1. The second kappa shape index (κ2) is 5.03. The summed E-state index contributed by atoms with van der Waals surface area (Å²) in [4.78, 5) is 0. The summed E-state index contributed by atoms with van der Waals surface area (Å²) < 4.78 is 0. The Morgan fingerprint density at radius 1 is 0.947 bits per heavy atom. The van der Waals surface area contributed by atoms with Gasteiger partial charge in [-0.1, -0.05) is 54.2 Å². The molecule has 1 aromatic carbocycles. The zero-order chi connectivity index (χ0) is 15.0. The second-order valence-corrected chi connectivity index (χ2v) is 7.59. The highest BCUT2D eigenvalue weighted by molar-refractivity contribution is 5.59. The second-order valence-electron chi connectivity index (χ2n) is 7.59. The van der Waals surface area contributed by atoms with E-state index in [4.69, 9.17) is 0 Å². The molecule has 0 aliphatic rings. The number of nitrogens with one attached hydrogen (secondary N) is 1. The topological polar surface area (TPSA) is 12.0 Å². The summed E-state index contributed by atoms with van der Waals surface area (Å²) in [5.41, 5.74) is 6.52. The standard InChI is InChI=1S/C18H29N/c1-12-11-16(19-14(3)17(4,5)6)13(2)10-15(12)18(7,8)9/h10-11,19H,3H2,1-2,4-9H3. The summed E-state index contributed by atoms with van der Waals surface area (Å²) in [6.07, 6.45) is 0. The van der Waals surface area contributed by atoms with Crippen LogP contribution < -0.4 is 5.32 Å². The van der Waals surface area contributed by atoms with Crippen LogP contribution in [-0.2, 0) is 5.41 Å². The molecule has 0 unspecified atom stereocenters. The lowest BCUT2D eigenvalue weighted by molar-refractivity contribution is 0.509. The minimum atomic E-state index is 0.0725. The van der Waals surface area contributed by atoms with E-state index in [0.29, 0.717) is 0 Å². The van der Waals surface area contributed by atoms with E-state index in [1.807, 2.05) is 0 Å². The lowest BCUT2D eigenvalue weighted by Gasteiger charge is -2.27. The van der Waals surface area contributed by atoms with Crippen molar-refractivity contribution in [1.82, 2.24) is 0 Å². The van der Waals surface area contributed by atoms with Crippen LogP contribution in [0.25, 0.3) is 0 Å². The summed E-state index contributed by atoms with van der Waals surface area (Å²) in [6.45, 7) is 21.8. The number of allylic oxidation sites excluding steroid dienone is 1. The van der Waals surface area contributed by atoms with Crippen molar-refractivity contribution in [1.29, 1.82) is 0 Å². The summed E-state index contributed by atoms with van der Waals surface area (Å²) >= 11 is 0. The molecule has 0 aliphatic carbocycles. The SMILES string of the molecule is C=C(Nc1cc(C)c(C(C)(C)C)cc1C)C(C)(C)C. The zero-order valence-corrected chi connectivity index (χ0v) is 13.9. The molecule has 0 aliphatic heterocycles. The maximum atomic E-state index is 4.15. The Balaban J connectivity index is 3.14. The van der Waals surface area contributed by atoms with E-state index >= 15 is 0 Å². The minimum Gasteiger partial charge on any atom is -0.359 e. The van der Waals surface area contributed by atoms with Crippen LogP contribution in [0.15, 0.2) is 24.4 Å². The van der Waals surface area contributed by atoms with Crippen LogP contribution in [0.1, 0.15) is 58.2 Å². The van der Waals surface area contributed by atoms with Gasteiger partial charge in [-0.15, -0.1) is 0 Å². The van der Waals surface area contributed by atoms with E-state index < -0.39 is 0 Å². The van der Waals surface area contributed by atoms with Crippen LogP contribution in [0.3, 0.4) is 0 Å². The van der Waals surface area contributed by atoms with Crippen molar-refractivity contribution in [2.75, 3.05) is 5.32 Å². The Kier molecular flexibility index (Phi) is 4.19. The third-order valence-corrected chi connectivity index (χ3v) is 3.57. The van der Waals surface area contributed by atoms with E-state index in [0.717, 1.165) is 5.70 Å². The summed E-state index contributed by atoms with van der Waals surface area (Å²) in [5.74, 6) is 0. The lowest BCUT2D eigenvalue weighted by Crippen LogP contribution is -2.17. The third-order valence-electron chi connectivity index (χ3n) is 3.57. The Morgan fingerprint density at radius 3 is 1.89 bits per heavy atom. The molecule has 106 valence electrons. The molecule has 0 saturated carbocycles. The summed E-state index contributed by atoms with van der Waals surface area (Å²) in [7, 11) is 0. The predicted octanol–water partition coefficient (Wildman–Crippen LogP) is 5.57. The van der Waals surface area contributed by atoms with Gasteiger partial charge in [-0.25, -0.2) is 0 Å². The van der Waals surface area contributed by atoms with Crippen LogP contribution in [-0.4, -0.2) is 0 Å². The minimum absolute atomic E-state index is 0.0725. The van der Waals surface area contributed by atoms with Gasteiger partial charge in [0.25, 0.3) is 0 Å². The molecule has 0 aromatic heterocycles. The smallest absolute Gasteiger partial charge is 0.0414 e. The molecule has 1 aromatic rings. The van der Waals surface area contributed by atoms with Gasteiger partial charge in [0.15, 0.2) is 0 Å². The first-order valence-electron chi connectivity index (χ1n) is 7.01. The van der Waals surface area contributed by atoms with Gasteiger partial charge >= 0.3 is 0 Å². The van der Waals surface area contributed by atoms with Gasteiger partial charge in [-0.3, -0.25) is 0 Å². The maximum Gasteiger partial charge on any atom is 0.0414 e. The molecule has 0 amide bonds. The van der Waals surface area contributed by atoms with Gasteiger partial charge < -0.3 is 5.32 Å². The van der Waals surface area contributed by atoms with Gasteiger partial charge in [0.1, 0.15) is 0 Å². The first-order valence-corrected chi connectivity index (χ1v) is 7.01. The molecule has 0 saturated heterocycles. The fourth-order valence-corrected chi connectivity index (χ4v) is 2.11. The molecule has 0 heterocycles. The van der Waals surface area contributed by atoms with Crippen LogP contribution >= 0.6 is 0 Å². The average Bonchev–Trinajstić information content (AvgIpc) is 2.19. The molecule has 0 bridgehead atoms.